The predicted octanol–water partition coefficient (Wildman–Crippen LogP) is 5.90. The Hall–Kier alpha value is -2.41. The molecule has 1 unspecified atom stereocenters. The van der Waals surface area contributed by atoms with Crippen molar-refractivity contribution in [1.82, 2.24) is 25.4 Å². The topological polar surface area (TPSA) is 79.4 Å². The molecule has 7 heteroatoms. The molecular weight excluding hydrogens is 392 g/mol. The van der Waals surface area contributed by atoms with Gasteiger partial charge in [-0.2, -0.15) is 11.8 Å². The first-order valence-corrected chi connectivity index (χ1v) is 11.6. The Morgan fingerprint density at radius 1 is 1.10 bits per heavy atom. The molecule has 0 aliphatic heterocycles. The second-order valence-electron chi connectivity index (χ2n) is 7.70. The fourth-order valence-corrected chi connectivity index (χ4v) is 3.90. The molecule has 1 atom stereocenters. The van der Waals surface area contributed by atoms with E-state index in [1.165, 1.54) is 16.7 Å². The van der Waals surface area contributed by atoms with Crippen LogP contribution in [0, 0.1) is 0 Å². The van der Waals surface area contributed by atoms with Gasteiger partial charge < -0.3 is 5.32 Å². The minimum absolute atomic E-state index is 0.0694. The van der Waals surface area contributed by atoms with Gasteiger partial charge in [0.1, 0.15) is 12.1 Å². The lowest BCUT2D eigenvalue weighted by molar-refractivity contribution is 0.820. The Bertz CT molecular complexity index is 807. The summed E-state index contributed by atoms with van der Waals surface area (Å²) in [7, 11) is 0. The van der Waals surface area contributed by atoms with Crippen LogP contribution in [0.2, 0.25) is 0 Å². The van der Waals surface area contributed by atoms with Crippen molar-refractivity contribution >= 4 is 17.6 Å². The summed E-state index contributed by atoms with van der Waals surface area (Å²) in [4.78, 5) is 8.22. The van der Waals surface area contributed by atoms with Crippen LogP contribution in [0.15, 0.2) is 59.7 Å². The highest BCUT2D eigenvalue weighted by atomic mass is 32.2. The lowest BCUT2D eigenvalue weighted by Gasteiger charge is -2.16. The summed E-state index contributed by atoms with van der Waals surface area (Å²) < 4.78 is 0. The van der Waals surface area contributed by atoms with Crippen LogP contribution in [-0.4, -0.2) is 36.9 Å². The molecule has 6 nitrogen and oxygen atoms in total. The van der Waals surface area contributed by atoms with Gasteiger partial charge in [-0.3, -0.25) is 5.10 Å². The molecule has 30 heavy (non-hydrogen) atoms. The Labute approximate surface area is 184 Å². The van der Waals surface area contributed by atoms with Gasteiger partial charge in [0.25, 0.3) is 0 Å². The van der Waals surface area contributed by atoms with Gasteiger partial charge in [0, 0.05) is 17.7 Å². The summed E-state index contributed by atoms with van der Waals surface area (Å²) >= 11 is 1.88. The zero-order chi connectivity index (χ0) is 21.6. The average molecular weight is 427 g/mol. The van der Waals surface area contributed by atoms with Crippen molar-refractivity contribution in [2.45, 2.75) is 59.4 Å². The average Bonchev–Trinajstić information content (AvgIpc) is 3.25. The van der Waals surface area contributed by atoms with Gasteiger partial charge in [-0.1, -0.05) is 40.2 Å². The summed E-state index contributed by atoms with van der Waals surface area (Å²) in [5.74, 6) is 2.67. The number of rotatable bonds is 13. The van der Waals surface area contributed by atoms with E-state index in [1.807, 2.05) is 17.8 Å². The molecule has 0 fully saturated rings. The molecule has 0 saturated carbocycles. The third kappa shape index (κ3) is 9.87. The lowest BCUT2D eigenvalue weighted by atomic mass is 10.1. The van der Waals surface area contributed by atoms with Crippen LogP contribution in [0.5, 0.6) is 0 Å². The van der Waals surface area contributed by atoms with Crippen LogP contribution in [0.25, 0.3) is 0 Å². The van der Waals surface area contributed by atoms with Gasteiger partial charge in [0.05, 0.1) is 17.9 Å². The molecule has 0 aromatic carbocycles. The van der Waals surface area contributed by atoms with Crippen molar-refractivity contribution in [1.29, 1.82) is 0 Å². The third-order valence-corrected chi connectivity index (χ3v) is 5.64. The number of anilines is 1. The lowest BCUT2D eigenvalue weighted by Crippen LogP contribution is -2.15. The number of aromatic amines is 1. The first kappa shape index (κ1) is 23.9. The second-order valence-corrected chi connectivity index (χ2v) is 8.78. The number of aromatic nitrogens is 5. The molecule has 2 N–H and O–H groups in total. The fraction of sp³-hybridized carbons (Fsp3) is 0.478. The molecule has 0 amide bonds. The van der Waals surface area contributed by atoms with Crippen molar-refractivity contribution in [3.8, 4) is 0 Å². The number of nitrogens with zero attached hydrogens (tertiary/aromatic N) is 4. The van der Waals surface area contributed by atoms with Gasteiger partial charge in [-0.15, -0.1) is 5.10 Å². The normalized spacial score (nSPS) is 13.2. The van der Waals surface area contributed by atoms with E-state index in [9.17, 15) is 0 Å². The SMILES string of the molecule is CC(C)=CCCC(C)=CCCC(C)=CCSCC(Nc1ccncn1)c1cnn[nH]1. The van der Waals surface area contributed by atoms with Crippen molar-refractivity contribution in [3.05, 3.63) is 65.4 Å². The quantitative estimate of drug-likeness (QED) is 0.307. The number of thioether (sulfide) groups is 1. The van der Waals surface area contributed by atoms with Crippen molar-refractivity contribution < 1.29 is 0 Å². The van der Waals surface area contributed by atoms with Crippen molar-refractivity contribution in [2.75, 3.05) is 16.8 Å². The van der Waals surface area contributed by atoms with Crippen LogP contribution in [0.1, 0.15) is 65.1 Å². The maximum atomic E-state index is 4.25. The first-order valence-electron chi connectivity index (χ1n) is 10.5. The first-order chi connectivity index (χ1) is 14.5. The number of H-pyrrole nitrogens is 1. The number of nitrogens with one attached hydrogen (secondary N) is 2. The molecule has 0 aliphatic carbocycles. The monoisotopic (exact) mass is 426 g/mol. The molecule has 2 heterocycles. The molecule has 0 radical (unpaired) electrons. The van der Waals surface area contributed by atoms with E-state index in [0.717, 1.165) is 48.7 Å². The van der Waals surface area contributed by atoms with Crippen molar-refractivity contribution in [3.63, 3.8) is 0 Å². The van der Waals surface area contributed by atoms with Gasteiger partial charge in [-0.05, 0) is 59.4 Å². The third-order valence-electron chi connectivity index (χ3n) is 4.67. The standard InChI is InChI=1S/C23H34N6S/c1-18(2)7-5-8-19(3)9-6-10-20(4)12-14-30-16-22(21-15-26-29-28-21)27-23-11-13-24-17-25-23/h7,9,11-13,15,17,22H,5-6,8,10,14,16H2,1-4H3,(H,24,25,27)(H,26,28,29). The van der Waals surface area contributed by atoms with E-state index in [1.54, 1.807) is 18.7 Å². The highest BCUT2D eigenvalue weighted by molar-refractivity contribution is 7.99. The maximum Gasteiger partial charge on any atom is 0.129 e. The highest BCUT2D eigenvalue weighted by Gasteiger charge is 2.14. The van der Waals surface area contributed by atoms with Gasteiger partial charge in [-0.25, -0.2) is 9.97 Å². The van der Waals surface area contributed by atoms with Crippen molar-refractivity contribution in [2.24, 2.45) is 0 Å². The Kier molecular flexibility index (Phi) is 10.9. The zero-order valence-corrected chi connectivity index (χ0v) is 19.4. The summed E-state index contributed by atoms with van der Waals surface area (Å²) in [6.07, 6.45) is 16.6. The Morgan fingerprint density at radius 2 is 1.87 bits per heavy atom. The van der Waals surface area contributed by atoms with E-state index >= 15 is 0 Å². The maximum absolute atomic E-state index is 4.25. The largest absolute Gasteiger partial charge is 0.361 e. The molecule has 0 aliphatic rings. The Morgan fingerprint density at radius 3 is 2.53 bits per heavy atom. The zero-order valence-electron chi connectivity index (χ0n) is 18.6. The smallest absolute Gasteiger partial charge is 0.129 e. The molecule has 2 rings (SSSR count). The van der Waals surface area contributed by atoms with Crippen LogP contribution < -0.4 is 5.32 Å². The molecule has 2 aromatic heterocycles. The highest BCUT2D eigenvalue weighted by Crippen LogP contribution is 2.21. The number of hydrogen-bond acceptors (Lipinski definition) is 6. The van der Waals surface area contributed by atoms with Gasteiger partial charge in [0.2, 0.25) is 0 Å². The molecule has 0 spiro atoms. The van der Waals surface area contributed by atoms with Gasteiger partial charge in [0.15, 0.2) is 0 Å². The van der Waals surface area contributed by atoms with Gasteiger partial charge >= 0.3 is 0 Å². The number of allylic oxidation sites excluding steroid dienone is 5. The van der Waals surface area contributed by atoms with Crippen LogP contribution >= 0.6 is 11.8 Å². The molecular formula is C23H34N6S. The van der Waals surface area contributed by atoms with E-state index in [-0.39, 0.29) is 6.04 Å². The summed E-state index contributed by atoms with van der Waals surface area (Å²) in [5.41, 5.74) is 5.29. The minimum atomic E-state index is 0.0694. The van der Waals surface area contributed by atoms with Crippen LogP contribution in [-0.2, 0) is 0 Å². The molecule has 0 saturated heterocycles. The van der Waals surface area contributed by atoms with E-state index in [4.69, 9.17) is 0 Å². The van der Waals surface area contributed by atoms with E-state index < -0.39 is 0 Å². The summed E-state index contributed by atoms with van der Waals surface area (Å²) in [6, 6.07) is 1.93. The molecule has 162 valence electrons. The molecule has 2 aromatic rings. The minimum Gasteiger partial charge on any atom is -0.361 e. The Balaban J connectivity index is 1.74. The van der Waals surface area contributed by atoms with Crippen LogP contribution in [0.4, 0.5) is 5.82 Å². The van der Waals surface area contributed by atoms with E-state index in [0.29, 0.717) is 0 Å². The summed E-state index contributed by atoms with van der Waals surface area (Å²) in [5, 5.41) is 14.1. The molecule has 0 bridgehead atoms. The predicted molar refractivity (Wildman–Crippen MR) is 128 cm³/mol. The van der Waals surface area contributed by atoms with E-state index in [2.05, 4.69) is 76.6 Å². The summed E-state index contributed by atoms with van der Waals surface area (Å²) in [6.45, 7) is 8.78. The fourth-order valence-electron chi connectivity index (χ4n) is 2.86. The second kappa shape index (κ2) is 13.7. The number of hydrogen-bond donors (Lipinski definition) is 2. The van der Waals surface area contributed by atoms with Crippen LogP contribution in [0.3, 0.4) is 0 Å².